The number of nitrogens with zero attached hydrogens (tertiary/aromatic N) is 4. The maximum absolute atomic E-state index is 13.3. The number of hydrogen-bond acceptors (Lipinski definition) is 6. The summed E-state index contributed by atoms with van der Waals surface area (Å²) in [7, 11) is 0. The van der Waals surface area contributed by atoms with Crippen LogP contribution in [0.2, 0.25) is 0 Å². The fourth-order valence-corrected chi connectivity index (χ4v) is 3.02. The third-order valence-electron chi connectivity index (χ3n) is 3.43. The zero-order chi connectivity index (χ0) is 17.2. The summed E-state index contributed by atoms with van der Waals surface area (Å²) in [5, 5.41) is 15.3. The summed E-state index contributed by atoms with van der Waals surface area (Å²) in [6, 6.07) is 6.52. The topological polar surface area (TPSA) is 79.4 Å². The Morgan fingerprint density at radius 3 is 2.68 bits per heavy atom. The normalized spacial score (nSPS) is 13.4. The number of benzene rings is 1. The molecule has 0 unspecified atom stereocenters. The van der Waals surface area contributed by atoms with Crippen LogP contribution in [0, 0.1) is 11.6 Å². The van der Waals surface area contributed by atoms with Crippen LogP contribution in [0.5, 0.6) is 0 Å². The van der Waals surface area contributed by atoms with Crippen molar-refractivity contribution < 1.29 is 13.2 Å². The van der Waals surface area contributed by atoms with E-state index in [4.69, 9.17) is 4.42 Å². The van der Waals surface area contributed by atoms with E-state index in [2.05, 4.69) is 25.4 Å². The number of nitrogens with one attached hydrogen (secondary N) is 1. The molecule has 9 heteroatoms. The van der Waals surface area contributed by atoms with Crippen LogP contribution < -0.4 is 0 Å². The fourth-order valence-electron chi connectivity index (χ4n) is 2.28. The lowest BCUT2D eigenvalue weighted by atomic mass is 10.1. The first kappa shape index (κ1) is 15.7. The van der Waals surface area contributed by atoms with Crippen LogP contribution in [0.4, 0.5) is 8.78 Å². The van der Waals surface area contributed by atoms with Crippen molar-refractivity contribution in [2.45, 2.75) is 11.6 Å². The molecule has 1 aliphatic heterocycles. The number of halogens is 2. The molecule has 126 valence electrons. The van der Waals surface area contributed by atoms with E-state index < -0.39 is 11.6 Å². The van der Waals surface area contributed by atoms with Gasteiger partial charge in [0.15, 0.2) is 11.6 Å². The van der Waals surface area contributed by atoms with E-state index in [9.17, 15) is 8.78 Å². The van der Waals surface area contributed by atoms with E-state index >= 15 is 0 Å². The molecule has 0 spiro atoms. The molecule has 0 amide bonds. The maximum Gasteiger partial charge on any atom is 0.209 e. The molecule has 1 aliphatic rings. The minimum atomic E-state index is -0.662. The third-order valence-corrected chi connectivity index (χ3v) is 4.35. The molecule has 1 aromatic carbocycles. The SMILES string of the molecule is Fc1cc(F)cc(-c2ccc(-c3nc(SCC4=NN=CC4)n[nH]3)o2)c1. The highest BCUT2D eigenvalue weighted by Crippen LogP contribution is 2.28. The number of rotatable bonds is 5. The molecule has 0 aliphatic carbocycles. The van der Waals surface area contributed by atoms with Gasteiger partial charge in [-0.2, -0.15) is 15.2 Å². The van der Waals surface area contributed by atoms with Crippen molar-refractivity contribution >= 4 is 23.7 Å². The second-order valence-corrected chi connectivity index (χ2v) is 6.19. The van der Waals surface area contributed by atoms with Gasteiger partial charge in [0.25, 0.3) is 0 Å². The predicted octanol–water partition coefficient (Wildman–Crippen LogP) is 3.93. The molecule has 0 saturated carbocycles. The second-order valence-electron chi connectivity index (χ2n) is 5.25. The predicted molar refractivity (Wildman–Crippen MR) is 90.7 cm³/mol. The largest absolute Gasteiger partial charge is 0.453 e. The van der Waals surface area contributed by atoms with Crippen molar-refractivity contribution in [3.63, 3.8) is 0 Å². The standard InChI is InChI=1S/C16H11F2N5OS/c17-10-5-9(6-11(18)7-10)13-1-2-14(24-13)15-20-16(23-22-15)25-8-12-3-4-19-21-12/h1-2,4-7H,3,8H2,(H,20,22,23). The van der Waals surface area contributed by atoms with Crippen molar-refractivity contribution in [1.82, 2.24) is 15.2 Å². The van der Waals surface area contributed by atoms with Crippen molar-refractivity contribution in [1.29, 1.82) is 0 Å². The van der Waals surface area contributed by atoms with Gasteiger partial charge < -0.3 is 4.42 Å². The number of furan rings is 1. The highest BCUT2D eigenvalue weighted by molar-refractivity contribution is 7.99. The van der Waals surface area contributed by atoms with Crippen LogP contribution in [0.3, 0.4) is 0 Å². The third kappa shape index (κ3) is 3.50. The summed E-state index contributed by atoms with van der Waals surface area (Å²) in [6.07, 6.45) is 2.49. The smallest absolute Gasteiger partial charge is 0.209 e. The van der Waals surface area contributed by atoms with E-state index in [0.29, 0.717) is 33.8 Å². The van der Waals surface area contributed by atoms with Gasteiger partial charge in [0.2, 0.25) is 5.16 Å². The van der Waals surface area contributed by atoms with Crippen LogP contribution in [-0.2, 0) is 0 Å². The molecule has 25 heavy (non-hydrogen) atoms. The minimum absolute atomic E-state index is 0.317. The highest BCUT2D eigenvalue weighted by atomic mass is 32.2. The second kappa shape index (κ2) is 6.60. The number of aromatic amines is 1. The maximum atomic E-state index is 13.3. The quantitative estimate of drug-likeness (QED) is 0.700. The summed E-state index contributed by atoms with van der Waals surface area (Å²) < 4.78 is 32.3. The van der Waals surface area contributed by atoms with Crippen LogP contribution in [0.25, 0.3) is 22.9 Å². The Labute approximate surface area is 145 Å². The Balaban J connectivity index is 1.50. The summed E-state index contributed by atoms with van der Waals surface area (Å²) in [5.74, 6) is 0.547. The van der Waals surface area contributed by atoms with E-state index in [1.54, 1.807) is 18.3 Å². The zero-order valence-corrected chi connectivity index (χ0v) is 13.6. The van der Waals surface area contributed by atoms with Crippen molar-refractivity contribution in [2.24, 2.45) is 10.2 Å². The Bertz CT molecular complexity index is 958. The van der Waals surface area contributed by atoms with Crippen LogP contribution in [0.15, 0.2) is 50.1 Å². The van der Waals surface area contributed by atoms with Crippen molar-refractivity contribution in [2.75, 3.05) is 5.75 Å². The summed E-state index contributed by atoms with van der Waals surface area (Å²) in [5.41, 5.74) is 1.28. The van der Waals surface area contributed by atoms with E-state index in [0.717, 1.165) is 18.2 Å². The van der Waals surface area contributed by atoms with E-state index in [1.807, 2.05) is 0 Å². The first-order valence-electron chi connectivity index (χ1n) is 7.36. The lowest BCUT2D eigenvalue weighted by molar-refractivity contribution is 0.573. The Morgan fingerprint density at radius 2 is 1.92 bits per heavy atom. The van der Waals surface area contributed by atoms with Gasteiger partial charge in [0.05, 0.1) is 5.71 Å². The summed E-state index contributed by atoms with van der Waals surface area (Å²) in [4.78, 5) is 4.34. The van der Waals surface area contributed by atoms with E-state index in [-0.39, 0.29) is 0 Å². The number of hydrogen-bond donors (Lipinski definition) is 1. The zero-order valence-electron chi connectivity index (χ0n) is 12.7. The monoisotopic (exact) mass is 359 g/mol. The average Bonchev–Trinajstić information content (AvgIpc) is 3.32. The van der Waals surface area contributed by atoms with Crippen LogP contribution in [-0.4, -0.2) is 32.9 Å². The van der Waals surface area contributed by atoms with Gasteiger partial charge in [-0.3, -0.25) is 5.10 Å². The van der Waals surface area contributed by atoms with Gasteiger partial charge in [-0.25, -0.2) is 8.78 Å². The molecule has 0 radical (unpaired) electrons. The summed E-state index contributed by atoms with van der Waals surface area (Å²) >= 11 is 1.44. The highest BCUT2D eigenvalue weighted by Gasteiger charge is 2.14. The van der Waals surface area contributed by atoms with Gasteiger partial charge in [0, 0.05) is 30.0 Å². The number of aromatic nitrogens is 3. The molecule has 4 rings (SSSR count). The Kier molecular flexibility index (Phi) is 4.14. The fraction of sp³-hybridized carbons (Fsp3) is 0.125. The van der Waals surface area contributed by atoms with Crippen LogP contribution >= 0.6 is 11.8 Å². The molecule has 3 aromatic rings. The average molecular weight is 359 g/mol. The molecule has 0 bridgehead atoms. The molecule has 0 atom stereocenters. The molecule has 1 N–H and O–H groups in total. The molecule has 3 heterocycles. The van der Waals surface area contributed by atoms with Gasteiger partial charge in [0.1, 0.15) is 17.4 Å². The molecule has 0 saturated heterocycles. The first-order chi connectivity index (χ1) is 12.2. The first-order valence-corrected chi connectivity index (χ1v) is 8.35. The number of H-pyrrole nitrogens is 1. The summed E-state index contributed by atoms with van der Waals surface area (Å²) in [6.45, 7) is 0. The van der Waals surface area contributed by atoms with Crippen LogP contribution in [0.1, 0.15) is 6.42 Å². The van der Waals surface area contributed by atoms with E-state index in [1.165, 1.54) is 23.9 Å². The molecular weight excluding hydrogens is 348 g/mol. The van der Waals surface area contributed by atoms with Crippen molar-refractivity contribution in [3.05, 3.63) is 42.0 Å². The molecule has 6 nitrogen and oxygen atoms in total. The van der Waals surface area contributed by atoms with Gasteiger partial charge >= 0.3 is 0 Å². The molecular formula is C16H11F2N5OS. The van der Waals surface area contributed by atoms with Gasteiger partial charge in [-0.1, -0.05) is 11.8 Å². The van der Waals surface area contributed by atoms with Gasteiger partial charge in [-0.05, 0) is 24.3 Å². The van der Waals surface area contributed by atoms with Crippen molar-refractivity contribution in [3.8, 4) is 22.9 Å². The van der Waals surface area contributed by atoms with Gasteiger partial charge in [-0.15, -0.1) is 5.10 Å². The lowest BCUT2D eigenvalue weighted by Gasteiger charge is -1.98. The molecule has 2 aromatic heterocycles. The lowest BCUT2D eigenvalue weighted by Crippen LogP contribution is -1.98. The minimum Gasteiger partial charge on any atom is -0.453 e. The Morgan fingerprint density at radius 1 is 1.12 bits per heavy atom. The number of thioether (sulfide) groups is 1. The Hall–Kier alpha value is -2.81. The molecule has 0 fully saturated rings.